The van der Waals surface area contributed by atoms with Gasteiger partial charge < -0.3 is 5.32 Å². The van der Waals surface area contributed by atoms with Crippen LogP contribution in [0.3, 0.4) is 0 Å². The highest BCUT2D eigenvalue weighted by atomic mass is 35.5. The molecule has 154 valence electrons. The van der Waals surface area contributed by atoms with Gasteiger partial charge in [-0.25, -0.2) is 0 Å². The molecule has 0 saturated carbocycles. The molecule has 2 N–H and O–H groups in total. The van der Waals surface area contributed by atoms with E-state index in [1.165, 1.54) is 6.07 Å². The highest BCUT2D eigenvalue weighted by Gasteiger charge is 2.16. The molecule has 9 nitrogen and oxygen atoms in total. The van der Waals surface area contributed by atoms with E-state index in [-0.39, 0.29) is 22.5 Å². The van der Waals surface area contributed by atoms with Gasteiger partial charge in [-0.15, -0.1) is 10.2 Å². The Bertz CT molecular complexity index is 1110. The van der Waals surface area contributed by atoms with Gasteiger partial charge in [-0.3, -0.25) is 25.0 Å². The maximum absolute atomic E-state index is 13.3. The van der Waals surface area contributed by atoms with E-state index < -0.39 is 22.3 Å². The SMILES string of the molecule is O=C(CSc1nnc(NC(=O)c2ccc(Cl)cc2)s1)Nc1ccc(F)c([N+](=O)[O-])c1. The third-order valence-corrected chi connectivity index (χ3v) is 5.71. The van der Waals surface area contributed by atoms with Crippen LogP contribution in [0.1, 0.15) is 10.4 Å². The summed E-state index contributed by atoms with van der Waals surface area (Å²) < 4.78 is 13.8. The molecule has 2 amide bonds. The van der Waals surface area contributed by atoms with Crippen LogP contribution in [0.2, 0.25) is 5.02 Å². The van der Waals surface area contributed by atoms with Gasteiger partial charge in [-0.05, 0) is 36.4 Å². The molecule has 2 aromatic carbocycles. The molecule has 1 heterocycles. The molecule has 0 atom stereocenters. The Morgan fingerprint density at radius 2 is 1.90 bits per heavy atom. The van der Waals surface area contributed by atoms with Crippen LogP contribution in [0.5, 0.6) is 0 Å². The normalized spacial score (nSPS) is 10.5. The van der Waals surface area contributed by atoms with E-state index >= 15 is 0 Å². The maximum Gasteiger partial charge on any atom is 0.306 e. The van der Waals surface area contributed by atoms with E-state index in [0.29, 0.717) is 14.9 Å². The number of halogens is 2. The lowest BCUT2D eigenvalue weighted by molar-refractivity contribution is -0.387. The smallest absolute Gasteiger partial charge is 0.306 e. The van der Waals surface area contributed by atoms with Gasteiger partial charge in [-0.1, -0.05) is 34.7 Å². The van der Waals surface area contributed by atoms with Gasteiger partial charge in [0.15, 0.2) is 4.34 Å². The summed E-state index contributed by atoms with van der Waals surface area (Å²) in [6.07, 6.45) is 0. The third kappa shape index (κ3) is 5.72. The highest BCUT2D eigenvalue weighted by molar-refractivity contribution is 8.01. The fourth-order valence-electron chi connectivity index (χ4n) is 2.14. The number of hydrogen-bond donors (Lipinski definition) is 2. The molecule has 13 heteroatoms. The van der Waals surface area contributed by atoms with Crippen LogP contribution in [0.4, 0.5) is 20.9 Å². The monoisotopic (exact) mass is 467 g/mol. The van der Waals surface area contributed by atoms with Crippen molar-refractivity contribution in [1.82, 2.24) is 10.2 Å². The summed E-state index contributed by atoms with van der Waals surface area (Å²) in [6, 6.07) is 9.38. The summed E-state index contributed by atoms with van der Waals surface area (Å²) in [5.74, 6) is -1.91. The zero-order chi connectivity index (χ0) is 21.7. The Morgan fingerprint density at radius 3 is 2.60 bits per heavy atom. The number of thioether (sulfide) groups is 1. The lowest BCUT2D eigenvalue weighted by Crippen LogP contribution is -2.14. The second kappa shape index (κ2) is 9.61. The van der Waals surface area contributed by atoms with Gasteiger partial charge in [0, 0.05) is 22.3 Å². The van der Waals surface area contributed by atoms with E-state index in [9.17, 15) is 24.1 Å². The van der Waals surface area contributed by atoms with Gasteiger partial charge >= 0.3 is 5.69 Å². The van der Waals surface area contributed by atoms with Crippen LogP contribution in [0.25, 0.3) is 0 Å². The molecule has 0 aliphatic heterocycles. The summed E-state index contributed by atoms with van der Waals surface area (Å²) in [7, 11) is 0. The number of nitro groups is 1. The van der Waals surface area contributed by atoms with Crippen molar-refractivity contribution >= 4 is 63.0 Å². The van der Waals surface area contributed by atoms with Gasteiger partial charge in [0.25, 0.3) is 5.91 Å². The number of carbonyl (C=O) groups is 2. The van der Waals surface area contributed by atoms with Gasteiger partial charge in [0.05, 0.1) is 10.7 Å². The molecular formula is C17H11ClFN5O4S2. The molecular weight excluding hydrogens is 457 g/mol. The lowest BCUT2D eigenvalue weighted by Gasteiger charge is -2.04. The van der Waals surface area contributed by atoms with Crippen LogP contribution in [-0.2, 0) is 4.79 Å². The first kappa shape index (κ1) is 21.6. The predicted octanol–water partition coefficient (Wildman–Crippen LogP) is 4.22. The number of amides is 2. The Kier molecular flexibility index (Phi) is 6.92. The maximum atomic E-state index is 13.3. The Morgan fingerprint density at radius 1 is 1.17 bits per heavy atom. The largest absolute Gasteiger partial charge is 0.325 e. The lowest BCUT2D eigenvalue weighted by atomic mass is 10.2. The number of aromatic nitrogens is 2. The minimum atomic E-state index is -0.991. The summed E-state index contributed by atoms with van der Waals surface area (Å²) in [4.78, 5) is 34.1. The first-order valence-electron chi connectivity index (χ1n) is 8.09. The molecule has 0 unspecified atom stereocenters. The predicted molar refractivity (Wildman–Crippen MR) is 112 cm³/mol. The Labute approximate surface area is 181 Å². The molecule has 0 spiro atoms. The molecule has 0 bridgehead atoms. The number of hydrogen-bond acceptors (Lipinski definition) is 8. The molecule has 0 saturated heterocycles. The average molecular weight is 468 g/mol. The second-order valence-corrected chi connectivity index (χ2v) is 8.23. The number of rotatable bonds is 7. The number of anilines is 2. The van der Waals surface area contributed by atoms with Crippen molar-refractivity contribution in [2.45, 2.75) is 4.34 Å². The molecule has 0 aliphatic carbocycles. The van der Waals surface area contributed by atoms with Crippen LogP contribution < -0.4 is 10.6 Å². The molecule has 0 aliphatic rings. The number of nitrogens with zero attached hydrogens (tertiary/aromatic N) is 3. The first-order chi connectivity index (χ1) is 14.3. The van der Waals surface area contributed by atoms with Crippen molar-refractivity contribution in [3.63, 3.8) is 0 Å². The van der Waals surface area contributed by atoms with E-state index in [4.69, 9.17) is 11.6 Å². The summed E-state index contributed by atoms with van der Waals surface area (Å²) in [5, 5.41) is 24.3. The van der Waals surface area contributed by atoms with E-state index in [2.05, 4.69) is 20.8 Å². The fraction of sp³-hybridized carbons (Fsp3) is 0.0588. The number of benzene rings is 2. The van der Waals surface area contributed by atoms with Crippen LogP contribution in [0, 0.1) is 15.9 Å². The number of nitro benzene ring substituents is 1. The van der Waals surface area contributed by atoms with Crippen molar-refractivity contribution in [2.75, 3.05) is 16.4 Å². The standard InChI is InChI=1S/C17H11ClFN5O4S2/c18-10-3-1-9(2-4-10)15(26)21-16-22-23-17(30-16)29-8-14(25)20-11-5-6-12(19)13(7-11)24(27)28/h1-7H,8H2,(H,20,25)(H,21,22,26). The van der Waals surface area contributed by atoms with Crippen LogP contribution in [-0.4, -0.2) is 32.7 Å². The molecule has 3 aromatic rings. The van der Waals surface area contributed by atoms with Gasteiger partial charge in [0.2, 0.25) is 16.9 Å². The number of nitrogens with one attached hydrogen (secondary N) is 2. The minimum Gasteiger partial charge on any atom is -0.325 e. The van der Waals surface area contributed by atoms with E-state index in [1.54, 1.807) is 24.3 Å². The molecule has 3 rings (SSSR count). The van der Waals surface area contributed by atoms with Gasteiger partial charge in [-0.2, -0.15) is 4.39 Å². The zero-order valence-electron chi connectivity index (χ0n) is 14.8. The van der Waals surface area contributed by atoms with Crippen LogP contribution >= 0.6 is 34.7 Å². The zero-order valence-corrected chi connectivity index (χ0v) is 17.2. The van der Waals surface area contributed by atoms with Crippen molar-refractivity contribution in [3.8, 4) is 0 Å². The van der Waals surface area contributed by atoms with Crippen molar-refractivity contribution in [2.24, 2.45) is 0 Å². The quantitative estimate of drug-likeness (QED) is 0.230. The average Bonchev–Trinajstić information content (AvgIpc) is 3.15. The molecule has 0 fully saturated rings. The van der Waals surface area contributed by atoms with Crippen molar-refractivity contribution in [1.29, 1.82) is 0 Å². The Balaban J connectivity index is 1.53. The van der Waals surface area contributed by atoms with Crippen LogP contribution in [0.15, 0.2) is 46.8 Å². The Hall–Kier alpha value is -3.09. The summed E-state index contributed by atoms with van der Waals surface area (Å²) in [5.41, 5.74) is -0.232. The third-order valence-electron chi connectivity index (χ3n) is 3.49. The molecule has 30 heavy (non-hydrogen) atoms. The van der Waals surface area contributed by atoms with E-state index in [0.717, 1.165) is 35.2 Å². The van der Waals surface area contributed by atoms with E-state index in [1.807, 2.05) is 0 Å². The summed E-state index contributed by atoms with van der Waals surface area (Å²) >= 11 is 7.93. The van der Waals surface area contributed by atoms with Crippen molar-refractivity contribution < 1.29 is 18.9 Å². The molecule has 0 radical (unpaired) electrons. The minimum absolute atomic E-state index is 0.0645. The number of carbonyl (C=O) groups excluding carboxylic acids is 2. The highest BCUT2D eigenvalue weighted by Crippen LogP contribution is 2.26. The fourth-order valence-corrected chi connectivity index (χ4v) is 3.82. The van der Waals surface area contributed by atoms with Crippen molar-refractivity contribution in [3.05, 3.63) is 69.0 Å². The second-order valence-electron chi connectivity index (χ2n) is 5.59. The van der Waals surface area contributed by atoms with Gasteiger partial charge in [0.1, 0.15) is 0 Å². The first-order valence-corrected chi connectivity index (χ1v) is 10.3. The molecule has 1 aromatic heterocycles. The topological polar surface area (TPSA) is 127 Å². The summed E-state index contributed by atoms with van der Waals surface area (Å²) in [6.45, 7) is 0.